The molecular formula is C21H28N5O3+. The maximum absolute atomic E-state index is 12.6. The number of amides is 3. The van der Waals surface area contributed by atoms with Crippen LogP contribution in [-0.2, 0) is 4.79 Å². The lowest BCUT2D eigenvalue weighted by Gasteiger charge is -2.30. The topological polar surface area (TPSA) is 101 Å². The molecule has 0 aliphatic carbocycles. The fraction of sp³-hybridized carbons (Fsp3) is 0.333. The van der Waals surface area contributed by atoms with Crippen molar-refractivity contribution in [3.8, 4) is 11.5 Å². The molecule has 8 heteroatoms. The van der Waals surface area contributed by atoms with E-state index in [1.165, 1.54) is 4.90 Å². The lowest BCUT2D eigenvalue weighted by molar-refractivity contribution is -0.884. The first-order valence-electron chi connectivity index (χ1n) is 9.74. The van der Waals surface area contributed by atoms with Crippen molar-refractivity contribution < 1.29 is 19.2 Å². The normalized spacial score (nSPS) is 16.0. The van der Waals surface area contributed by atoms with Crippen LogP contribution in [0.15, 0.2) is 54.6 Å². The van der Waals surface area contributed by atoms with Crippen LogP contribution >= 0.6 is 0 Å². The van der Waals surface area contributed by atoms with Crippen LogP contribution < -0.4 is 26.1 Å². The highest BCUT2D eigenvalue weighted by Gasteiger charge is 2.22. The molecule has 1 aliphatic rings. The highest BCUT2D eigenvalue weighted by atomic mass is 16.5. The molecule has 0 aromatic heterocycles. The Morgan fingerprint density at radius 1 is 1.10 bits per heavy atom. The van der Waals surface area contributed by atoms with Gasteiger partial charge in [-0.15, -0.1) is 0 Å². The van der Waals surface area contributed by atoms with Crippen LogP contribution in [0.3, 0.4) is 0 Å². The second kappa shape index (κ2) is 9.90. The second-order valence-electron chi connectivity index (χ2n) is 7.23. The number of hydrazine groups is 1. The molecule has 1 aliphatic heterocycles. The molecule has 29 heavy (non-hydrogen) atoms. The van der Waals surface area contributed by atoms with E-state index in [4.69, 9.17) is 10.5 Å². The maximum Gasteiger partial charge on any atom is 0.312 e. The number of para-hydroxylation sites is 1. The number of nitrogens with zero attached hydrogens (tertiary/aromatic N) is 1. The van der Waals surface area contributed by atoms with Crippen molar-refractivity contribution >= 4 is 11.9 Å². The minimum atomic E-state index is -0.680. The van der Waals surface area contributed by atoms with Crippen molar-refractivity contribution in [1.29, 1.82) is 0 Å². The van der Waals surface area contributed by atoms with Gasteiger partial charge in [-0.25, -0.2) is 9.80 Å². The molecule has 0 radical (unpaired) electrons. The van der Waals surface area contributed by atoms with E-state index in [9.17, 15) is 9.59 Å². The SMILES string of the molecule is C[NH+]1CCN(NC(=O)C[C@H](NC(N)=O)c2cccc(Oc3ccccc3)c2)CC1. The smallest absolute Gasteiger partial charge is 0.312 e. The lowest BCUT2D eigenvalue weighted by atomic mass is 10.0. The molecule has 0 spiro atoms. The van der Waals surface area contributed by atoms with Crippen molar-refractivity contribution in [3.63, 3.8) is 0 Å². The van der Waals surface area contributed by atoms with Crippen LogP contribution in [-0.4, -0.2) is 50.2 Å². The number of piperazine rings is 1. The average molecular weight is 398 g/mol. The molecule has 8 nitrogen and oxygen atoms in total. The Morgan fingerprint density at radius 2 is 1.79 bits per heavy atom. The summed E-state index contributed by atoms with van der Waals surface area (Å²) in [7, 11) is 2.14. The Morgan fingerprint density at radius 3 is 2.48 bits per heavy atom. The van der Waals surface area contributed by atoms with E-state index in [-0.39, 0.29) is 12.3 Å². The van der Waals surface area contributed by atoms with Crippen LogP contribution in [0, 0.1) is 0 Å². The Hall–Kier alpha value is -3.10. The van der Waals surface area contributed by atoms with Gasteiger partial charge in [0.1, 0.15) is 11.5 Å². The van der Waals surface area contributed by atoms with Crippen molar-refractivity contribution in [3.05, 3.63) is 60.2 Å². The van der Waals surface area contributed by atoms with E-state index in [2.05, 4.69) is 17.8 Å². The number of nitrogens with one attached hydrogen (secondary N) is 3. The molecule has 5 N–H and O–H groups in total. The number of urea groups is 1. The van der Waals surface area contributed by atoms with Crippen molar-refractivity contribution in [2.45, 2.75) is 12.5 Å². The highest BCUT2D eigenvalue weighted by molar-refractivity contribution is 5.78. The van der Waals surface area contributed by atoms with Crippen molar-refractivity contribution in [1.82, 2.24) is 15.8 Å². The lowest BCUT2D eigenvalue weighted by Crippen LogP contribution is -3.12. The number of rotatable bonds is 7. The summed E-state index contributed by atoms with van der Waals surface area (Å²) in [5.41, 5.74) is 9.01. The molecule has 3 rings (SSSR count). The molecule has 3 amide bonds. The predicted octanol–water partition coefficient (Wildman–Crippen LogP) is 0.440. The van der Waals surface area contributed by atoms with E-state index in [1.54, 1.807) is 6.07 Å². The van der Waals surface area contributed by atoms with Gasteiger partial charge in [0.15, 0.2) is 0 Å². The standard InChI is InChI=1S/C21H27N5O3/c1-25-10-12-26(13-11-25)24-20(27)15-19(23-21(22)28)16-6-5-9-18(14-16)29-17-7-3-2-4-8-17/h2-9,14,19H,10-13,15H2,1H3,(H,24,27)(H3,22,23,28)/p+1/t19-/m0/s1. The Kier molecular flexibility index (Phi) is 7.04. The van der Waals surface area contributed by atoms with Crippen molar-refractivity contribution in [2.75, 3.05) is 33.2 Å². The molecule has 1 saturated heterocycles. The number of carbonyl (C=O) groups excluding carboxylic acids is 2. The maximum atomic E-state index is 12.6. The summed E-state index contributed by atoms with van der Waals surface area (Å²) in [6.07, 6.45) is 0.0803. The van der Waals surface area contributed by atoms with Gasteiger partial charge in [0.25, 0.3) is 0 Å². The number of quaternary nitrogens is 1. The number of likely N-dealkylation sites (N-methyl/N-ethyl adjacent to an activating group) is 1. The number of benzene rings is 2. The van der Waals surface area contributed by atoms with Crippen LogP contribution in [0.5, 0.6) is 11.5 Å². The summed E-state index contributed by atoms with van der Waals surface area (Å²) in [6, 6.07) is 15.5. The molecule has 0 unspecified atom stereocenters. The second-order valence-corrected chi connectivity index (χ2v) is 7.23. The molecule has 2 aromatic carbocycles. The zero-order valence-corrected chi connectivity index (χ0v) is 16.6. The average Bonchev–Trinajstić information content (AvgIpc) is 2.70. The minimum absolute atomic E-state index is 0.0803. The molecule has 1 atom stereocenters. The zero-order valence-electron chi connectivity index (χ0n) is 16.6. The number of hydrogen-bond donors (Lipinski definition) is 4. The number of ether oxygens (including phenoxy) is 1. The number of hydrogen-bond acceptors (Lipinski definition) is 4. The molecule has 0 bridgehead atoms. The monoisotopic (exact) mass is 398 g/mol. The summed E-state index contributed by atoms with van der Waals surface area (Å²) in [6.45, 7) is 3.54. The quantitative estimate of drug-likeness (QED) is 0.544. The van der Waals surface area contributed by atoms with Gasteiger partial charge in [-0.3, -0.25) is 10.2 Å². The summed E-state index contributed by atoms with van der Waals surface area (Å²) >= 11 is 0. The molecule has 1 heterocycles. The van der Waals surface area contributed by atoms with E-state index in [0.29, 0.717) is 11.5 Å². The zero-order chi connectivity index (χ0) is 20.6. The molecule has 1 fully saturated rings. The minimum Gasteiger partial charge on any atom is -0.457 e. The van der Waals surface area contributed by atoms with Crippen LogP contribution in [0.2, 0.25) is 0 Å². The van der Waals surface area contributed by atoms with Gasteiger partial charge in [-0.05, 0) is 29.8 Å². The van der Waals surface area contributed by atoms with Gasteiger partial charge in [-0.1, -0.05) is 30.3 Å². The van der Waals surface area contributed by atoms with Crippen molar-refractivity contribution in [2.24, 2.45) is 5.73 Å². The molecule has 154 valence electrons. The van der Waals surface area contributed by atoms with E-state index >= 15 is 0 Å². The summed E-state index contributed by atoms with van der Waals surface area (Å²) in [5, 5.41) is 4.58. The molecular weight excluding hydrogens is 370 g/mol. The van der Waals surface area contributed by atoms with Gasteiger partial charge in [0.05, 0.1) is 45.7 Å². The van der Waals surface area contributed by atoms with Crippen LogP contribution in [0.25, 0.3) is 0 Å². The first-order valence-corrected chi connectivity index (χ1v) is 9.74. The Bertz CT molecular complexity index is 822. The van der Waals surface area contributed by atoms with Gasteiger partial charge >= 0.3 is 6.03 Å². The summed E-state index contributed by atoms with van der Waals surface area (Å²) in [5.74, 6) is 1.16. The molecule has 2 aromatic rings. The van der Waals surface area contributed by atoms with Gasteiger partial charge < -0.3 is 20.7 Å². The third kappa shape index (κ3) is 6.48. The summed E-state index contributed by atoms with van der Waals surface area (Å²) in [4.78, 5) is 25.5. The Balaban J connectivity index is 1.67. The fourth-order valence-electron chi connectivity index (χ4n) is 3.25. The first kappa shape index (κ1) is 20.6. The Labute approximate surface area is 170 Å². The number of carbonyl (C=O) groups is 2. The third-order valence-electron chi connectivity index (χ3n) is 4.85. The van der Waals surface area contributed by atoms with E-state index < -0.39 is 12.1 Å². The first-order chi connectivity index (χ1) is 14.0. The highest BCUT2D eigenvalue weighted by Crippen LogP contribution is 2.26. The summed E-state index contributed by atoms with van der Waals surface area (Å²) < 4.78 is 5.86. The third-order valence-corrected chi connectivity index (χ3v) is 4.85. The van der Waals surface area contributed by atoms with Gasteiger partial charge in [-0.2, -0.15) is 0 Å². The van der Waals surface area contributed by atoms with E-state index in [1.807, 2.05) is 53.5 Å². The predicted molar refractivity (Wildman–Crippen MR) is 109 cm³/mol. The number of primary amides is 1. The largest absolute Gasteiger partial charge is 0.457 e. The van der Waals surface area contributed by atoms with E-state index in [0.717, 1.165) is 31.7 Å². The van der Waals surface area contributed by atoms with Crippen LogP contribution in [0.1, 0.15) is 18.0 Å². The van der Waals surface area contributed by atoms with Gasteiger partial charge in [0, 0.05) is 0 Å². The van der Waals surface area contributed by atoms with Gasteiger partial charge in [0.2, 0.25) is 5.91 Å². The van der Waals surface area contributed by atoms with Crippen LogP contribution in [0.4, 0.5) is 4.79 Å². The fourth-order valence-corrected chi connectivity index (χ4v) is 3.25. The molecule has 0 saturated carbocycles. The number of nitrogens with two attached hydrogens (primary N) is 1.